The van der Waals surface area contributed by atoms with Crippen LogP contribution in [0.4, 0.5) is 11.5 Å². The van der Waals surface area contributed by atoms with Crippen molar-refractivity contribution in [1.29, 1.82) is 0 Å². The number of aromatic nitrogens is 3. The summed E-state index contributed by atoms with van der Waals surface area (Å²) in [6.45, 7) is 8.20. The number of nitrogen functional groups attached to an aromatic ring is 1. The molecule has 2 heterocycles. The molecule has 180 valence electrons. The van der Waals surface area contributed by atoms with Crippen LogP contribution in [0.15, 0.2) is 9.59 Å². The molecule has 0 unspecified atom stereocenters. The third-order valence-corrected chi connectivity index (χ3v) is 5.29. The fourth-order valence-electron chi connectivity index (χ4n) is 3.72. The smallest absolute Gasteiger partial charge is 0.355 e. The third kappa shape index (κ3) is 5.41. The van der Waals surface area contributed by atoms with Gasteiger partial charge in [-0.05, 0) is 39.2 Å². The number of hydrogen-bond acceptors (Lipinski definition) is 7. The average Bonchev–Trinajstić information content (AvgIpc) is 3.05. The zero-order chi connectivity index (χ0) is 24.9. The summed E-state index contributed by atoms with van der Waals surface area (Å²) in [6.07, 6.45) is 1.88. The van der Waals surface area contributed by atoms with Gasteiger partial charge in [0.2, 0.25) is 0 Å². The molecular weight excluding hydrogens is 430 g/mol. The van der Waals surface area contributed by atoms with Gasteiger partial charge < -0.3 is 20.4 Å². The van der Waals surface area contributed by atoms with Crippen LogP contribution in [0.1, 0.15) is 72.1 Å². The van der Waals surface area contributed by atoms with Crippen molar-refractivity contribution < 1.29 is 19.1 Å². The zero-order valence-corrected chi connectivity index (χ0v) is 19.7. The molecular formula is C22H31N5O6. The Balaban J connectivity index is 2.33. The van der Waals surface area contributed by atoms with Gasteiger partial charge in [0.15, 0.2) is 18.1 Å². The Bertz CT molecular complexity index is 1170. The first-order chi connectivity index (χ1) is 15.5. The highest BCUT2D eigenvalue weighted by Crippen LogP contribution is 2.20. The number of esters is 1. The van der Waals surface area contributed by atoms with Gasteiger partial charge in [-0.3, -0.25) is 23.9 Å². The quantitative estimate of drug-likeness (QED) is 0.358. The molecule has 0 aromatic carbocycles. The van der Waals surface area contributed by atoms with Gasteiger partial charge in [-0.2, -0.15) is 0 Å². The molecule has 0 bridgehead atoms. The van der Waals surface area contributed by atoms with E-state index in [2.05, 4.69) is 9.97 Å². The molecule has 11 nitrogen and oxygen atoms in total. The minimum Gasteiger partial charge on any atom is -0.451 e. The zero-order valence-electron chi connectivity index (χ0n) is 19.7. The maximum absolute atomic E-state index is 13.0. The number of amides is 1. The van der Waals surface area contributed by atoms with E-state index in [0.717, 1.165) is 11.3 Å². The van der Waals surface area contributed by atoms with E-state index in [-0.39, 0.29) is 36.1 Å². The topological polar surface area (TPSA) is 160 Å². The van der Waals surface area contributed by atoms with Crippen LogP contribution in [0, 0.1) is 13.8 Å². The fourth-order valence-corrected chi connectivity index (χ4v) is 3.72. The highest BCUT2D eigenvalue weighted by molar-refractivity contribution is 6.02. The molecule has 0 radical (unpaired) electrons. The van der Waals surface area contributed by atoms with Gasteiger partial charge in [0.05, 0.1) is 0 Å². The summed E-state index contributed by atoms with van der Waals surface area (Å²) < 4.78 is 6.39. The molecule has 0 atom stereocenters. The van der Waals surface area contributed by atoms with Crippen LogP contribution >= 0.6 is 0 Å². The van der Waals surface area contributed by atoms with Gasteiger partial charge >= 0.3 is 11.7 Å². The number of H-pyrrole nitrogens is 2. The number of carbonyl (C=O) groups excluding carboxylic acids is 3. The predicted octanol–water partition coefficient (Wildman–Crippen LogP) is 1.67. The number of carbonyl (C=O) groups is 3. The van der Waals surface area contributed by atoms with Crippen molar-refractivity contribution in [3.8, 4) is 0 Å². The molecule has 0 spiro atoms. The molecule has 33 heavy (non-hydrogen) atoms. The first-order valence-corrected chi connectivity index (χ1v) is 10.8. The second-order valence-electron chi connectivity index (χ2n) is 7.80. The number of nitrogens with two attached hydrogens (primary N) is 1. The monoisotopic (exact) mass is 461 g/mol. The molecule has 0 saturated heterocycles. The highest BCUT2D eigenvalue weighted by atomic mass is 16.5. The predicted molar refractivity (Wildman–Crippen MR) is 124 cm³/mol. The van der Waals surface area contributed by atoms with Crippen LogP contribution in [0.25, 0.3) is 0 Å². The number of Topliss-reactive ketones (excluding diaryl/α,β-unsaturated/α-hetero) is 1. The van der Waals surface area contributed by atoms with Crippen molar-refractivity contribution in [2.75, 3.05) is 23.8 Å². The minimum absolute atomic E-state index is 0.0828. The molecule has 2 aromatic heterocycles. The van der Waals surface area contributed by atoms with Crippen LogP contribution in [0.3, 0.4) is 0 Å². The summed E-state index contributed by atoms with van der Waals surface area (Å²) >= 11 is 0. The largest absolute Gasteiger partial charge is 0.451 e. The molecule has 0 aliphatic carbocycles. The van der Waals surface area contributed by atoms with Crippen molar-refractivity contribution in [2.45, 2.75) is 60.4 Å². The van der Waals surface area contributed by atoms with Crippen LogP contribution in [-0.2, 0) is 16.1 Å². The minimum atomic E-state index is -0.801. The first kappa shape index (κ1) is 25.6. The lowest BCUT2D eigenvalue weighted by atomic mass is 10.1. The Morgan fingerprint density at radius 2 is 1.76 bits per heavy atom. The van der Waals surface area contributed by atoms with Gasteiger partial charge in [-0.25, -0.2) is 9.59 Å². The van der Waals surface area contributed by atoms with Gasteiger partial charge in [0.25, 0.3) is 11.5 Å². The Kier molecular flexibility index (Phi) is 8.38. The van der Waals surface area contributed by atoms with Crippen LogP contribution < -0.4 is 21.9 Å². The van der Waals surface area contributed by atoms with Crippen molar-refractivity contribution in [2.24, 2.45) is 0 Å². The summed E-state index contributed by atoms with van der Waals surface area (Å²) in [5.74, 6) is -1.78. The fraction of sp³-hybridized carbons (Fsp3) is 0.500. The SMILES string of the molecule is CCCCN(C(=O)COC(=O)c1[nH]c(C)c(C(C)=O)c1C)c1c(N)n(CCC)c(=O)[nH]c1=O. The van der Waals surface area contributed by atoms with E-state index in [1.807, 2.05) is 13.8 Å². The normalized spacial score (nSPS) is 10.8. The molecule has 0 fully saturated rings. The van der Waals surface area contributed by atoms with Crippen LogP contribution in [0.2, 0.25) is 0 Å². The van der Waals surface area contributed by atoms with Crippen molar-refractivity contribution in [3.05, 3.63) is 43.4 Å². The van der Waals surface area contributed by atoms with Gasteiger partial charge in [0, 0.05) is 24.3 Å². The Morgan fingerprint density at radius 1 is 1.09 bits per heavy atom. The van der Waals surface area contributed by atoms with Crippen molar-refractivity contribution >= 4 is 29.2 Å². The second-order valence-corrected chi connectivity index (χ2v) is 7.80. The summed E-state index contributed by atoms with van der Waals surface area (Å²) in [4.78, 5) is 68.2. The summed E-state index contributed by atoms with van der Waals surface area (Å²) in [6, 6.07) is 0. The number of aryl methyl sites for hydroxylation is 1. The lowest BCUT2D eigenvalue weighted by molar-refractivity contribution is -0.121. The maximum Gasteiger partial charge on any atom is 0.355 e. The third-order valence-electron chi connectivity index (χ3n) is 5.29. The molecule has 0 aliphatic heterocycles. The van der Waals surface area contributed by atoms with E-state index in [9.17, 15) is 24.0 Å². The van der Waals surface area contributed by atoms with E-state index >= 15 is 0 Å². The number of nitrogens with one attached hydrogen (secondary N) is 2. The maximum atomic E-state index is 13.0. The Morgan fingerprint density at radius 3 is 2.30 bits per heavy atom. The second kappa shape index (κ2) is 10.8. The van der Waals surface area contributed by atoms with E-state index in [0.29, 0.717) is 29.7 Å². The van der Waals surface area contributed by atoms with Crippen molar-refractivity contribution in [1.82, 2.24) is 14.5 Å². The van der Waals surface area contributed by atoms with E-state index in [4.69, 9.17) is 10.5 Å². The standard InChI is InChI=1S/C22H31N5O6/c1-6-8-10-26(18-19(23)27(9-7-2)22(32)25-20(18)30)15(29)11-33-21(31)17-12(3)16(14(5)28)13(4)24-17/h24H,6-11,23H2,1-5H3,(H,25,30,32). The molecule has 0 saturated carbocycles. The summed E-state index contributed by atoms with van der Waals surface area (Å²) in [5.41, 5.74) is 5.95. The Hall–Kier alpha value is -3.63. The number of aromatic amines is 2. The lowest BCUT2D eigenvalue weighted by Gasteiger charge is -2.24. The summed E-state index contributed by atoms with van der Waals surface area (Å²) in [5, 5.41) is 0. The number of rotatable bonds is 10. The molecule has 4 N–H and O–H groups in total. The Labute approximate surface area is 190 Å². The summed E-state index contributed by atoms with van der Waals surface area (Å²) in [7, 11) is 0. The number of unbranched alkanes of at least 4 members (excludes halogenated alkanes) is 1. The number of hydrogen-bond donors (Lipinski definition) is 3. The number of nitrogens with zero attached hydrogens (tertiary/aromatic N) is 2. The van der Waals surface area contributed by atoms with E-state index < -0.39 is 29.7 Å². The molecule has 0 aliphatic rings. The van der Waals surface area contributed by atoms with E-state index in [1.165, 1.54) is 11.5 Å². The number of anilines is 2. The lowest BCUT2D eigenvalue weighted by Crippen LogP contribution is -2.43. The molecule has 2 aromatic rings. The van der Waals surface area contributed by atoms with E-state index in [1.54, 1.807) is 13.8 Å². The highest BCUT2D eigenvalue weighted by Gasteiger charge is 2.26. The average molecular weight is 462 g/mol. The first-order valence-electron chi connectivity index (χ1n) is 10.8. The molecule has 1 amide bonds. The van der Waals surface area contributed by atoms with Gasteiger partial charge in [-0.1, -0.05) is 20.3 Å². The van der Waals surface area contributed by atoms with Crippen LogP contribution in [-0.4, -0.2) is 45.3 Å². The van der Waals surface area contributed by atoms with Crippen LogP contribution in [0.5, 0.6) is 0 Å². The van der Waals surface area contributed by atoms with Gasteiger partial charge in [0.1, 0.15) is 11.5 Å². The molecule has 11 heteroatoms. The number of ether oxygens (including phenoxy) is 1. The van der Waals surface area contributed by atoms with Gasteiger partial charge in [-0.15, -0.1) is 0 Å². The van der Waals surface area contributed by atoms with Crippen molar-refractivity contribution in [3.63, 3.8) is 0 Å². The number of ketones is 1. The molecule has 2 rings (SSSR count).